The summed E-state index contributed by atoms with van der Waals surface area (Å²) < 4.78 is 6.27. The smallest absolute Gasteiger partial charge is 0.137 e. The number of rotatable bonds is 3. The highest BCUT2D eigenvalue weighted by Crippen LogP contribution is 2.59. The molecule has 0 spiro atoms. The Morgan fingerprint density at radius 2 is 1.61 bits per heavy atom. The SMILES string of the molecule is OC[C@@H]1CN(C23CC4CC(CC(C4)C2)C3)[C@H](c2ccccc2)O1. The number of nitrogens with zero attached hydrogens (tertiary/aromatic N) is 1. The van der Waals surface area contributed by atoms with Crippen LogP contribution in [0, 0.1) is 17.8 Å². The zero-order chi connectivity index (χ0) is 15.4. The van der Waals surface area contributed by atoms with Crippen LogP contribution >= 0.6 is 0 Å². The summed E-state index contributed by atoms with van der Waals surface area (Å²) in [5, 5.41) is 9.68. The molecular formula is C20H27NO2. The van der Waals surface area contributed by atoms with Crippen LogP contribution in [0.3, 0.4) is 0 Å². The van der Waals surface area contributed by atoms with Gasteiger partial charge in [0.25, 0.3) is 0 Å². The Morgan fingerprint density at radius 1 is 1.00 bits per heavy atom. The van der Waals surface area contributed by atoms with Gasteiger partial charge < -0.3 is 9.84 Å². The molecule has 2 atom stereocenters. The number of ether oxygens (including phenoxy) is 1. The maximum atomic E-state index is 9.68. The molecule has 1 heterocycles. The number of aliphatic hydroxyl groups is 1. The van der Waals surface area contributed by atoms with Crippen molar-refractivity contribution in [3.8, 4) is 0 Å². The van der Waals surface area contributed by atoms with Gasteiger partial charge in [0, 0.05) is 12.1 Å². The fourth-order valence-electron chi connectivity index (χ4n) is 6.45. The fraction of sp³-hybridized carbons (Fsp3) is 0.700. The van der Waals surface area contributed by atoms with Gasteiger partial charge in [-0.15, -0.1) is 0 Å². The van der Waals surface area contributed by atoms with Crippen molar-refractivity contribution in [2.75, 3.05) is 13.2 Å². The summed E-state index contributed by atoms with van der Waals surface area (Å²) in [6, 6.07) is 10.6. The van der Waals surface area contributed by atoms with E-state index in [0.29, 0.717) is 5.54 Å². The van der Waals surface area contributed by atoms with Crippen LogP contribution in [0.1, 0.15) is 50.3 Å². The summed E-state index contributed by atoms with van der Waals surface area (Å²) >= 11 is 0. The van der Waals surface area contributed by atoms with Crippen LogP contribution in [-0.4, -0.2) is 34.8 Å². The van der Waals surface area contributed by atoms with Gasteiger partial charge in [-0.25, -0.2) is 0 Å². The van der Waals surface area contributed by atoms with Crippen molar-refractivity contribution < 1.29 is 9.84 Å². The summed E-state index contributed by atoms with van der Waals surface area (Å²) in [7, 11) is 0. The average molecular weight is 313 g/mol. The van der Waals surface area contributed by atoms with E-state index in [-0.39, 0.29) is 18.9 Å². The molecule has 0 unspecified atom stereocenters. The molecule has 1 saturated heterocycles. The maximum Gasteiger partial charge on any atom is 0.137 e. The van der Waals surface area contributed by atoms with Gasteiger partial charge in [0.05, 0.1) is 12.7 Å². The van der Waals surface area contributed by atoms with Gasteiger partial charge in [-0.2, -0.15) is 0 Å². The van der Waals surface area contributed by atoms with Crippen molar-refractivity contribution in [2.45, 2.75) is 56.4 Å². The Balaban J connectivity index is 1.50. The Labute approximate surface area is 138 Å². The first-order valence-corrected chi connectivity index (χ1v) is 9.34. The van der Waals surface area contributed by atoms with Crippen LogP contribution in [0.25, 0.3) is 0 Å². The summed E-state index contributed by atoms with van der Waals surface area (Å²) in [6.45, 7) is 1.02. The summed E-state index contributed by atoms with van der Waals surface area (Å²) in [4.78, 5) is 2.65. The zero-order valence-corrected chi connectivity index (χ0v) is 13.7. The first-order chi connectivity index (χ1) is 11.3. The highest BCUT2D eigenvalue weighted by molar-refractivity contribution is 5.20. The van der Waals surface area contributed by atoms with Gasteiger partial charge in [0.15, 0.2) is 0 Å². The highest BCUT2D eigenvalue weighted by atomic mass is 16.5. The number of hydrogen-bond acceptors (Lipinski definition) is 3. The third-order valence-corrected chi connectivity index (χ3v) is 6.91. The van der Waals surface area contributed by atoms with Crippen LogP contribution in [0.5, 0.6) is 0 Å². The Morgan fingerprint density at radius 3 is 2.17 bits per heavy atom. The monoisotopic (exact) mass is 313 g/mol. The fourth-order valence-corrected chi connectivity index (χ4v) is 6.45. The van der Waals surface area contributed by atoms with Gasteiger partial charge in [-0.1, -0.05) is 30.3 Å². The number of hydrogen-bond donors (Lipinski definition) is 1. The van der Waals surface area contributed by atoms with Gasteiger partial charge in [0.1, 0.15) is 6.23 Å². The van der Waals surface area contributed by atoms with Gasteiger partial charge in [-0.3, -0.25) is 4.90 Å². The molecular weight excluding hydrogens is 286 g/mol. The molecule has 124 valence electrons. The van der Waals surface area contributed by atoms with E-state index in [0.717, 1.165) is 24.3 Å². The molecule has 0 radical (unpaired) electrons. The molecule has 1 N–H and O–H groups in total. The molecule has 0 amide bonds. The van der Waals surface area contributed by atoms with E-state index in [1.165, 1.54) is 44.1 Å². The lowest BCUT2D eigenvalue weighted by molar-refractivity contribution is -0.126. The van der Waals surface area contributed by atoms with Crippen molar-refractivity contribution in [2.24, 2.45) is 17.8 Å². The largest absolute Gasteiger partial charge is 0.394 e. The van der Waals surface area contributed by atoms with E-state index in [9.17, 15) is 5.11 Å². The quantitative estimate of drug-likeness (QED) is 0.929. The molecule has 4 aliphatic carbocycles. The Bertz CT molecular complexity index is 537. The first-order valence-electron chi connectivity index (χ1n) is 9.34. The predicted molar refractivity (Wildman–Crippen MR) is 88.8 cm³/mol. The number of aliphatic hydroxyl groups excluding tert-OH is 1. The van der Waals surface area contributed by atoms with Gasteiger partial charge in [0.2, 0.25) is 0 Å². The predicted octanol–water partition coefficient (Wildman–Crippen LogP) is 3.35. The van der Waals surface area contributed by atoms with Crippen LogP contribution < -0.4 is 0 Å². The lowest BCUT2D eigenvalue weighted by Gasteiger charge is -2.60. The second-order valence-corrected chi connectivity index (χ2v) is 8.50. The normalized spacial score (nSPS) is 45.7. The molecule has 6 rings (SSSR count). The minimum Gasteiger partial charge on any atom is -0.394 e. The first kappa shape index (κ1) is 14.4. The second kappa shape index (κ2) is 5.30. The van der Waals surface area contributed by atoms with Crippen LogP contribution in [0.4, 0.5) is 0 Å². The molecule has 1 aromatic rings. The number of benzene rings is 1. The minimum absolute atomic E-state index is 0.0320. The minimum atomic E-state index is -0.0341. The Hall–Kier alpha value is -0.900. The third-order valence-electron chi connectivity index (χ3n) is 6.91. The van der Waals surface area contributed by atoms with Crippen molar-refractivity contribution in [1.82, 2.24) is 4.90 Å². The average Bonchev–Trinajstić information content (AvgIpc) is 3.00. The van der Waals surface area contributed by atoms with Gasteiger partial charge >= 0.3 is 0 Å². The summed E-state index contributed by atoms with van der Waals surface area (Å²) in [5.74, 6) is 2.81. The summed E-state index contributed by atoms with van der Waals surface area (Å²) in [5.41, 5.74) is 1.58. The standard InChI is InChI=1S/C20H27NO2/c22-13-18-12-21(19(23-18)17-4-2-1-3-5-17)20-9-14-6-15(10-20)8-16(7-14)11-20/h1-5,14-16,18-19,22H,6-13H2/t14?,15?,16?,18-,19-,20?/m0/s1. The van der Waals surface area contributed by atoms with E-state index in [4.69, 9.17) is 4.74 Å². The molecule has 23 heavy (non-hydrogen) atoms. The molecule has 4 bridgehead atoms. The lowest BCUT2D eigenvalue weighted by atomic mass is 9.52. The van der Waals surface area contributed by atoms with Crippen LogP contribution in [0.15, 0.2) is 30.3 Å². The van der Waals surface area contributed by atoms with E-state index < -0.39 is 0 Å². The van der Waals surface area contributed by atoms with E-state index in [1.54, 1.807) is 0 Å². The van der Waals surface area contributed by atoms with E-state index in [2.05, 4.69) is 35.2 Å². The Kier molecular flexibility index (Phi) is 3.33. The molecule has 3 heteroatoms. The third kappa shape index (κ3) is 2.28. The molecule has 1 aromatic carbocycles. The topological polar surface area (TPSA) is 32.7 Å². The van der Waals surface area contributed by atoms with Crippen molar-refractivity contribution >= 4 is 0 Å². The lowest BCUT2D eigenvalue weighted by Crippen LogP contribution is -2.60. The second-order valence-electron chi connectivity index (χ2n) is 8.50. The highest BCUT2D eigenvalue weighted by Gasteiger charge is 2.56. The van der Waals surface area contributed by atoms with Crippen molar-refractivity contribution in [3.63, 3.8) is 0 Å². The molecule has 4 saturated carbocycles. The summed E-state index contributed by atoms with van der Waals surface area (Å²) in [6.07, 6.45) is 8.45. The molecule has 5 fully saturated rings. The van der Waals surface area contributed by atoms with Crippen molar-refractivity contribution in [1.29, 1.82) is 0 Å². The van der Waals surface area contributed by atoms with Gasteiger partial charge in [-0.05, 0) is 61.8 Å². The zero-order valence-electron chi connectivity index (χ0n) is 13.7. The molecule has 3 nitrogen and oxygen atoms in total. The maximum absolute atomic E-state index is 9.68. The van der Waals surface area contributed by atoms with Crippen LogP contribution in [0.2, 0.25) is 0 Å². The van der Waals surface area contributed by atoms with E-state index >= 15 is 0 Å². The molecule has 1 aliphatic heterocycles. The molecule has 0 aromatic heterocycles. The van der Waals surface area contributed by atoms with Crippen LogP contribution in [-0.2, 0) is 4.74 Å². The van der Waals surface area contributed by atoms with E-state index in [1.807, 2.05) is 0 Å². The van der Waals surface area contributed by atoms with Crippen molar-refractivity contribution in [3.05, 3.63) is 35.9 Å². The molecule has 5 aliphatic rings.